The van der Waals surface area contributed by atoms with Crippen LogP contribution in [0.25, 0.3) is 0 Å². The highest BCUT2D eigenvalue weighted by molar-refractivity contribution is 9.11. The summed E-state index contributed by atoms with van der Waals surface area (Å²) in [6, 6.07) is 1.81. The second kappa shape index (κ2) is 6.66. The van der Waals surface area contributed by atoms with E-state index in [1.807, 2.05) is 7.05 Å². The number of nitrogens with one attached hydrogen (secondary N) is 2. The Morgan fingerprint density at radius 3 is 2.57 bits per heavy atom. The summed E-state index contributed by atoms with van der Waals surface area (Å²) < 4.78 is 28.6. The van der Waals surface area contributed by atoms with Crippen LogP contribution in [0.2, 0.25) is 0 Å². The number of thiophene rings is 1. The molecule has 0 aromatic carbocycles. The van der Waals surface area contributed by atoms with E-state index in [0.717, 1.165) is 30.6 Å². The first-order valence-electron chi connectivity index (χ1n) is 7.19. The van der Waals surface area contributed by atoms with E-state index >= 15 is 0 Å². The minimum absolute atomic E-state index is 0.0579. The summed E-state index contributed by atoms with van der Waals surface area (Å²) in [6.07, 6.45) is 3.96. The van der Waals surface area contributed by atoms with Crippen LogP contribution in [0.3, 0.4) is 0 Å². The van der Waals surface area contributed by atoms with Gasteiger partial charge in [0.1, 0.15) is 4.90 Å². The van der Waals surface area contributed by atoms with E-state index in [9.17, 15) is 8.42 Å². The Balaban J connectivity index is 2.08. The molecule has 0 aliphatic heterocycles. The Bertz CT molecular complexity index is 586. The van der Waals surface area contributed by atoms with E-state index < -0.39 is 10.0 Å². The first-order chi connectivity index (χ1) is 9.73. The SMILES string of the molecule is CNCc1cc(S(=O)(=O)NC2CCC(C)(C)CC2)c(Br)s1. The fraction of sp³-hybridized carbons (Fsp3) is 0.714. The van der Waals surface area contributed by atoms with E-state index in [4.69, 9.17) is 0 Å². The molecule has 1 heterocycles. The topological polar surface area (TPSA) is 58.2 Å². The molecule has 7 heteroatoms. The number of halogens is 1. The molecule has 4 nitrogen and oxygen atoms in total. The standard InChI is InChI=1S/C14H23BrN2O2S2/c1-14(2)6-4-10(5-7-14)17-21(18,19)12-8-11(9-16-3)20-13(12)15/h8,10,16-17H,4-7,9H2,1-3H3. The lowest BCUT2D eigenvalue weighted by atomic mass is 9.76. The zero-order valence-electron chi connectivity index (χ0n) is 12.7. The molecule has 1 aromatic heterocycles. The average Bonchev–Trinajstić information content (AvgIpc) is 2.74. The molecule has 1 aromatic rings. The van der Waals surface area contributed by atoms with Crippen LogP contribution in [-0.2, 0) is 16.6 Å². The first-order valence-corrected chi connectivity index (χ1v) is 10.3. The molecule has 2 N–H and O–H groups in total. The summed E-state index contributed by atoms with van der Waals surface area (Å²) in [5, 5.41) is 3.04. The summed E-state index contributed by atoms with van der Waals surface area (Å²) in [6.45, 7) is 5.17. The highest BCUT2D eigenvalue weighted by atomic mass is 79.9. The van der Waals surface area contributed by atoms with Gasteiger partial charge in [-0.1, -0.05) is 13.8 Å². The predicted molar refractivity (Wildman–Crippen MR) is 91.1 cm³/mol. The lowest BCUT2D eigenvalue weighted by Gasteiger charge is -2.34. The zero-order chi connectivity index (χ0) is 15.7. The maximum absolute atomic E-state index is 12.5. The van der Waals surface area contributed by atoms with Crippen molar-refractivity contribution in [3.05, 3.63) is 14.7 Å². The first kappa shape index (κ1) is 17.4. The van der Waals surface area contributed by atoms with Crippen LogP contribution in [0.15, 0.2) is 14.7 Å². The van der Waals surface area contributed by atoms with Gasteiger partial charge >= 0.3 is 0 Å². The maximum atomic E-state index is 12.5. The van der Waals surface area contributed by atoms with Crippen LogP contribution in [0.1, 0.15) is 44.4 Å². The molecule has 120 valence electrons. The van der Waals surface area contributed by atoms with Crippen molar-refractivity contribution in [2.45, 2.75) is 57.0 Å². The van der Waals surface area contributed by atoms with Gasteiger partial charge in [0.2, 0.25) is 10.0 Å². The number of sulfonamides is 1. The maximum Gasteiger partial charge on any atom is 0.242 e. The molecule has 0 radical (unpaired) electrons. The molecule has 1 aliphatic rings. The fourth-order valence-corrected chi connectivity index (χ4v) is 6.64. The van der Waals surface area contributed by atoms with Crippen molar-refractivity contribution in [2.24, 2.45) is 5.41 Å². The van der Waals surface area contributed by atoms with Crippen LogP contribution < -0.4 is 10.0 Å². The molecule has 0 saturated heterocycles. The van der Waals surface area contributed by atoms with Gasteiger partial charge in [-0.2, -0.15) is 0 Å². The third kappa shape index (κ3) is 4.51. The molecule has 0 amide bonds. The predicted octanol–water partition coefficient (Wildman–Crippen LogP) is 3.48. The quantitative estimate of drug-likeness (QED) is 0.803. The molecule has 1 aliphatic carbocycles. The summed E-state index contributed by atoms with van der Waals surface area (Å²) in [5.74, 6) is 0. The third-order valence-corrected chi connectivity index (χ3v) is 7.78. The van der Waals surface area contributed by atoms with E-state index in [0.29, 0.717) is 20.6 Å². The van der Waals surface area contributed by atoms with Gasteiger partial charge in [0.15, 0.2) is 0 Å². The molecule has 2 rings (SSSR count). The number of hydrogen-bond acceptors (Lipinski definition) is 4. The van der Waals surface area contributed by atoms with Crippen LogP contribution >= 0.6 is 27.3 Å². The van der Waals surface area contributed by atoms with Gasteiger partial charge in [0.05, 0.1) is 3.79 Å². The Hall–Kier alpha value is 0.0500. The van der Waals surface area contributed by atoms with Gasteiger partial charge < -0.3 is 5.32 Å². The van der Waals surface area contributed by atoms with Crippen molar-refractivity contribution >= 4 is 37.3 Å². The summed E-state index contributed by atoms with van der Waals surface area (Å²) in [7, 11) is -1.59. The van der Waals surface area contributed by atoms with Gasteiger partial charge in [0.25, 0.3) is 0 Å². The number of rotatable bonds is 5. The minimum atomic E-state index is -3.44. The molecule has 0 atom stereocenters. The molecule has 0 bridgehead atoms. The summed E-state index contributed by atoms with van der Waals surface area (Å²) in [5.41, 5.74) is 0.338. The Labute approximate surface area is 139 Å². The Morgan fingerprint density at radius 2 is 2.00 bits per heavy atom. The van der Waals surface area contributed by atoms with Crippen molar-refractivity contribution in [3.8, 4) is 0 Å². The molecule has 21 heavy (non-hydrogen) atoms. The van der Waals surface area contributed by atoms with Gasteiger partial charge in [-0.3, -0.25) is 0 Å². The van der Waals surface area contributed by atoms with Gasteiger partial charge in [-0.15, -0.1) is 11.3 Å². The van der Waals surface area contributed by atoms with E-state index in [-0.39, 0.29) is 6.04 Å². The monoisotopic (exact) mass is 394 g/mol. The van der Waals surface area contributed by atoms with Crippen molar-refractivity contribution in [2.75, 3.05) is 7.05 Å². The van der Waals surface area contributed by atoms with Gasteiger partial charge in [-0.25, -0.2) is 13.1 Å². The Kier molecular flexibility index (Phi) is 5.52. The lowest BCUT2D eigenvalue weighted by molar-refractivity contribution is 0.218. The average molecular weight is 395 g/mol. The van der Waals surface area contributed by atoms with Crippen LogP contribution in [0.5, 0.6) is 0 Å². The molecular weight excluding hydrogens is 372 g/mol. The second-order valence-electron chi connectivity index (χ2n) is 6.44. The van der Waals surface area contributed by atoms with E-state index in [1.165, 1.54) is 11.3 Å². The fourth-order valence-electron chi connectivity index (χ4n) is 2.64. The lowest BCUT2D eigenvalue weighted by Crippen LogP contribution is -2.39. The van der Waals surface area contributed by atoms with Crippen LogP contribution in [-0.4, -0.2) is 21.5 Å². The van der Waals surface area contributed by atoms with Crippen molar-refractivity contribution in [1.82, 2.24) is 10.0 Å². The van der Waals surface area contributed by atoms with Crippen molar-refractivity contribution < 1.29 is 8.42 Å². The normalized spacial score (nSPS) is 19.8. The molecule has 0 spiro atoms. The van der Waals surface area contributed by atoms with Crippen LogP contribution in [0, 0.1) is 5.41 Å². The second-order valence-corrected chi connectivity index (χ2v) is 10.6. The summed E-state index contributed by atoms with van der Waals surface area (Å²) >= 11 is 4.84. The molecule has 1 saturated carbocycles. The summed E-state index contributed by atoms with van der Waals surface area (Å²) in [4.78, 5) is 1.37. The highest BCUT2D eigenvalue weighted by Gasteiger charge is 2.30. The highest BCUT2D eigenvalue weighted by Crippen LogP contribution is 2.36. The van der Waals surface area contributed by atoms with Crippen LogP contribution in [0.4, 0.5) is 0 Å². The van der Waals surface area contributed by atoms with E-state index in [1.54, 1.807) is 6.07 Å². The molecule has 1 fully saturated rings. The zero-order valence-corrected chi connectivity index (χ0v) is 15.9. The molecule has 0 unspecified atom stereocenters. The van der Waals surface area contributed by atoms with Gasteiger partial charge in [-0.05, 0) is 60.1 Å². The third-order valence-electron chi connectivity index (χ3n) is 4.01. The van der Waals surface area contributed by atoms with Crippen molar-refractivity contribution in [1.29, 1.82) is 0 Å². The van der Waals surface area contributed by atoms with Crippen molar-refractivity contribution in [3.63, 3.8) is 0 Å². The smallest absolute Gasteiger partial charge is 0.242 e. The largest absolute Gasteiger partial charge is 0.315 e. The number of hydrogen-bond donors (Lipinski definition) is 2. The minimum Gasteiger partial charge on any atom is -0.315 e. The Morgan fingerprint density at radius 1 is 1.38 bits per heavy atom. The molecular formula is C14H23BrN2O2S2. The van der Waals surface area contributed by atoms with E-state index in [2.05, 4.69) is 39.8 Å². The van der Waals surface area contributed by atoms with Gasteiger partial charge in [0, 0.05) is 17.5 Å².